The Hall–Kier alpha value is -1.44. The Morgan fingerprint density at radius 3 is 2.16 bits per heavy atom. The van der Waals surface area contributed by atoms with Crippen molar-refractivity contribution in [2.45, 2.75) is 77.6 Å². The molecule has 136 valence electrons. The molecule has 2 aliphatic carbocycles. The summed E-state index contributed by atoms with van der Waals surface area (Å²) < 4.78 is 0. The lowest BCUT2D eigenvalue weighted by molar-refractivity contribution is -0.127. The van der Waals surface area contributed by atoms with Crippen LogP contribution in [-0.2, 0) is 4.79 Å². The zero-order valence-electron chi connectivity index (χ0n) is 15.8. The highest BCUT2D eigenvalue weighted by Gasteiger charge is 2.34. The SMILES string of the molecule is CCC[C@H]1CC[C@H](C2CCC(c3ccc(C(C)=O)cc3)CC2)CC1=O. The molecule has 1 aromatic carbocycles. The van der Waals surface area contributed by atoms with Crippen LogP contribution in [0.15, 0.2) is 24.3 Å². The van der Waals surface area contributed by atoms with Gasteiger partial charge in [0.2, 0.25) is 0 Å². The van der Waals surface area contributed by atoms with Gasteiger partial charge < -0.3 is 0 Å². The highest BCUT2D eigenvalue weighted by Crippen LogP contribution is 2.43. The van der Waals surface area contributed by atoms with E-state index in [2.05, 4.69) is 19.1 Å². The molecule has 1 aromatic rings. The number of hydrogen-bond donors (Lipinski definition) is 0. The van der Waals surface area contributed by atoms with E-state index in [-0.39, 0.29) is 5.78 Å². The molecule has 0 N–H and O–H groups in total. The van der Waals surface area contributed by atoms with Gasteiger partial charge in [0.1, 0.15) is 5.78 Å². The van der Waals surface area contributed by atoms with E-state index in [9.17, 15) is 9.59 Å². The van der Waals surface area contributed by atoms with Crippen LogP contribution in [0.2, 0.25) is 0 Å². The van der Waals surface area contributed by atoms with Gasteiger partial charge in [0, 0.05) is 17.9 Å². The monoisotopic (exact) mass is 340 g/mol. The molecule has 0 bridgehead atoms. The van der Waals surface area contributed by atoms with Crippen molar-refractivity contribution in [3.05, 3.63) is 35.4 Å². The van der Waals surface area contributed by atoms with Crippen molar-refractivity contribution in [3.8, 4) is 0 Å². The van der Waals surface area contributed by atoms with Crippen LogP contribution in [0.3, 0.4) is 0 Å². The summed E-state index contributed by atoms with van der Waals surface area (Å²) >= 11 is 0. The van der Waals surface area contributed by atoms with Crippen LogP contribution in [0.25, 0.3) is 0 Å². The van der Waals surface area contributed by atoms with Gasteiger partial charge in [0.25, 0.3) is 0 Å². The summed E-state index contributed by atoms with van der Waals surface area (Å²) in [5.41, 5.74) is 2.19. The number of Topliss-reactive ketones (excluding diaryl/α,β-unsaturated/α-hetero) is 2. The molecule has 2 saturated carbocycles. The van der Waals surface area contributed by atoms with Gasteiger partial charge in [0.05, 0.1) is 0 Å². The number of rotatable bonds is 5. The molecule has 0 aliphatic heterocycles. The molecule has 0 aromatic heterocycles. The highest BCUT2D eigenvalue weighted by atomic mass is 16.1. The van der Waals surface area contributed by atoms with E-state index in [1.807, 2.05) is 12.1 Å². The highest BCUT2D eigenvalue weighted by molar-refractivity contribution is 5.94. The topological polar surface area (TPSA) is 34.1 Å². The summed E-state index contributed by atoms with van der Waals surface area (Å²) in [5, 5.41) is 0. The van der Waals surface area contributed by atoms with Crippen LogP contribution in [0.5, 0.6) is 0 Å². The van der Waals surface area contributed by atoms with Gasteiger partial charge in [-0.05, 0) is 75.2 Å². The minimum absolute atomic E-state index is 0.138. The normalized spacial score (nSPS) is 30.2. The lowest BCUT2D eigenvalue weighted by atomic mass is 9.67. The van der Waals surface area contributed by atoms with Crippen LogP contribution < -0.4 is 0 Å². The molecular weight excluding hydrogens is 308 g/mol. The van der Waals surface area contributed by atoms with Gasteiger partial charge in [-0.15, -0.1) is 0 Å². The van der Waals surface area contributed by atoms with Crippen LogP contribution in [0.4, 0.5) is 0 Å². The lowest BCUT2D eigenvalue weighted by Crippen LogP contribution is -2.30. The molecule has 0 heterocycles. The van der Waals surface area contributed by atoms with Gasteiger partial charge >= 0.3 is 0 Å². The average Bonchev–Trinajstić information content (AvgIpc) is 2.64. The maximum Gasteiger partial charge on any atom is 0.159 e. The van der Waals surface area contributed by atoms with Gasteiger partial charge in [-0.2, -0.15) is 0 Å². The predicted octanol–water partition coefficient (Wildman–Crippen LogP) is 5.95. The van der Waals surface area contributed by atoms with E-state index >= 15 is 0 Å². The second-order valence-electron chi connectivity index (χ2n) is 8.28. The van der Waals surface area contributed by atoms with Crippen molar-refractivity contribution in [1.29, 1.82) is 0 Å². The van der Waals surface area contributed by atoms with Gasteiger partial charge in [-0.3, -0.25) is 9.59 Å². The van der Waals surface area contributed by atoms with E-state index in [0.717, 1.165) is 37.2 Å². The van der Waals surface area contributed by atoms with Gasteiger partial charge in [-0.1, -0.05) is 37.6 Å². The standard InChI is InChI=1S/C23H32O2/c1-3-4-21-13-14-22(15-23(21)25)20-11-9-19(10-12-20)18-7-5-17(6-8-18)16(2)24/h5-8,19-22H,3-4,9-15H2,1-2H3/t19?,20?,21-,22-/m0/s1. The lowest BCUT2D eigenvalue weighted by Gasteiger charge is -2.37. The largest absolute Gasteiger partial charge is 0.299 e. The molecule has 0 unspecified atom stereocenters. The Morgan fingerprint density at radius 2 is 1.60 bits per heavy atom. The Bertz CT molecular complexity index is 593. The summed E-state index contributed by atoms with van der Waals surface area (Å²) in [6.45, 7) is 3.81. The molecular formula is C23H32O2. The van der Waals surface area contributed by atoms with Crippen LogP contribution in [0.1, 0.15) is 93.5 Å². The summed E-state index contributed by atoms with van der Waals surface area (Å²) in [6.07, 6.45) is 10.4. The average molecular weight is 341 g/mol. The molecule has 0 radical (unpaired) electrons. The molecule has 2 heteroatoms. The van der Waals surface area contributed by atoms with Crippen LogP contribution in [-0.4, -0.2) is 11.6 Å². The second-order valence-corrected chi connectivity index (χ2v) is 8.28. The fourth-order valence-corrected chi connectivity index (χ4v) is 5.07. The maximum absolute atomic E-state index is 12.4. The number of benzene rings is 1. The Kier molecular flexibility index (Phi) is 6.09. The molecule has 2 atom stereocenters. The first-order chi connectivity index (χ1) is 12.1. The number of carbonyl (C=O) groups is 2. The predicted molar refractivity (Wildman–Crippen MR) is 102 cm³/mol. The van der Waals surface area contributed by atoms with E-state index < -0.39 is 0 Å². The second kappa shape index (κ2) is 8.29. The molecule has 2 aliphatic rings. The first-order valence-electron chi connectivity index (χ1n) is 10.2. The molecule has 0 amide bonds. The number of carbonyl (C=O) groups excluding carboxylic acids is 2. The third kappa shape index (κ3) is 4.40. The summed E-state index contributed by atoms with van der Waals surface area (Å²) in [5.74, 6) is 3.06. The maximum atomic E-state index is 12.4. The molecule has 2 nitrogen and oxygen atoms in total. The summed E-state index contributed by atoms with van der Waals surface area (Å²) in [7, 11) is 0. The van der Waals surface area contributed by atoms with Gasteiger partial charge in [0.15, 0.2) is 5.78 Å². The first kappa shape index (κ1) is 18.4. The first-order valence-corrected chi connectivity index (χ1v) is 10.2. The minimum atomic E-state index is 0.138. The van der Waals surface area contributed by atoms with E-state index in [1.54, 1.807) is 6.92 Å². The van der Waals surface area contributed by atoms with Crippen molar-refractivity contribution < 1.29 is 9.59 Å². The smallest absolute Gasteiger partial charge is 0.159 e. The van der Waals surface area contributed by atoms with Crippen molar-refractivity contribution in [2.24, 2.45) is 17.8 Å². The molecule has 25 heavy (non-hydrogen) atoms. The zero-order chi connectivity index (χ0) is 17.8. The third-order valence-corrected chi connectivity index (χ3v) is 6.67. The Labute approximate surface area is 152 Å². The van der Waals surface area contributed by atoms with E-state index in [0.29, 0.717) is 23.5 Å². The molecule has 3 rings (SSSR count). The van der Waals surface area contributed by atoms with E-state index in [1.165, 1.54) is 37.7 Å². The fourth-order valence-electron chi connectivity index (χ4n) is 5.07. The van der Waals surface area contributed by atoms with Gasteiger partial charge in [-0.25, -0.2) is 0 Å². The Morgan fingerprint density at radius 1 is 0.960 bits per heavy atom. The van der Waals surface area contributed by atoms with Crippen molar-refractivity contribution in [1.82, 2.24) is 0 Å². The van der Waals surface area contributed by atoms with Crippen molar-refractivity contribution in [2.75, 3.05) is 0 Å². The number of ketones is 2. The third-order valence-electron chi connectivity index (χ3n) is 6.67. The summed E-state index contributed by atoms with van der Waals surface area (Å²) in [6, 6.07) is 8.22. The molecule has 0 saturated heterocycles. The molecule has 0 spiro atoms. The van der Waals surface area contributed by atoms with E-state index in [4.69, 9.17) is 0 Å². The van der Waals surface area contributed by atoms with Crippen molar-refractivity contribution >= 4 is 11.6 Å². The molecule has 2 fully saturated rings. The quantitative estimate of drug-likeness (QED) is 0.621. The van der Waals surface area contributed by atoms with Crippen LogP contribution in [0, 0.1) is 17.8 Å². The number of hydrogen-bond acceptors (Lipinski definition) is 2. The van der Waals surface area contributed by atoms with Crippen LogP contribution >= 0.6 is 0 Å². The zero-order valence-corrected chi connectivity index (χ0v) is 15.8. The Balaban J connectivity index is 1.52. The summed E-state index contributed by atoms with van der Waals surface area (Å²) in [4.78, 5) is 23.8. The van der Waals surface area contributed by atoms with Crippen molar-refractivity contribution in [3.63, 3.8) is 0 Å². The fraction of sp³-hybridized carbons (Fsp3) is 0.652. The minimum Gasteiger partial charge on any atom is -0.299 e.